The third-order valence-electron chi connectivity index (χ3n) is 4.35. The van der Waals surface area contributed by atoms with Crippen LogP contribution in [-0.4, -0.2) is 21.6 Å². The first-order valence-electron chi connectivity index (χ1n) is 8.01. The van der Waals surface area contributed by atoms with E-state index in [0.717, 1.165) is 41.2 Å². The highest BCUT2D eigenvalue weighted by Crippen LogP contribution is 2.33. The number of hydrogen-bond acceptors (Lipinski definition) is 3. The van der Waals surface area contributed by atoms with Crippen molar-refractivity contribution in [2.45, 2.75) is 25.8 Å². The van der Waals surface area contributed by atoms with Gasteiger partial charge in [0.15, 0.2) is 0 Å². The number of nitrogens with zero attached hydrogens (tertiary/aromatic N) is 3. The van der Waals surface area contributed by atoms with Crippen molar-refractivity contribution in [3.63, 3.8) is 0 Å². The van der Waals surface area contributed by atoms with Crippen LogP contribution in [0, 0.1) is 0 Å². The first-order chi connectivity index (χ1) is 11.3. The summed E-state index contributed by atoms with van der Waals surface area (Å²) in [5.41, 5.74) is 4.03. The maximum atomic E-state index is 5.59. The van der Waals surface area contributed by atoms with Crippen LogP contribution < -0.4 is 4.74 Å². The van der Waals surface area contributed by atoms with E-state index in [4.69, 9.17) is 9.72 Å². The molecule has 0 saturated heterocycles. The second-order valence-corrected chi connectivity index (χ2v) is 5.82. The topological polar surface area (TPSA) is 39.9 Å². The van der Waals surface area contributed by atoms with Gasteiger partial charge < -0.3 is 9.30 Å². The number of aromatic nitrogens is 3. The molecule has 4 nitrogen and oxygen atoms in total. The Morgan fingerprint density at radius 3 is 2.83 bits per heavy atom. The number of pyridine rings is 1. The summed E-state index contributed by atoms with van der Waals surface area (Å²) in [5, 5.41) is 0. The van der Waals surface area contributed by atoms with Gasteiger partial charge >= 0.3 is 0 Å². The summed E-state index contributed by atoms with van der Waals surface area (Å²) in [6.45, 7) is 1.07. The number of ether oxygens (including phenoxy) is 1. The van der Waals surface area contributed by atoms with Crippen molar-refractivity contribution < 1.29 is 4.74 Å². The van der Waals surface area contributed by atoms with Gasteiger partial charge in [0, 0.05) is 36.5 Å². The van der Waals surface area contributed by atoms with Gasteiger partial charge in [-0.2, -0.15) is 0 Å². The van der Waals surface area contributed by atoms with Crippen molar-refractivity contribution in [1.29, 1.82) is 0 Å². The van der Waals surface area contributed by atoms with E-state index in [1.54, 1.807) is 13.3 Å². The molecule has 1 aliphatic rings. The van der Waals surface area contributed by atoms with Gasteiger partial charge in [-0.3, -0.25) is 4.98 Å². The van der Waals surface area contributed by atoms with Gasteiger partial charge in [0.25, 0.3) is 0 Å². The lowest BCUT2D eigenvalue weighted by Gasteiger charge is -2.11. The molecule has 3 heterocycles. The second kappa shape index (κ2) is 5.88. The molecule has 0 aliphatic carbocycles. The SMILES string of the molecule is COc1cc(-c2cn3c(n2)CCCC3)ccc1-c1ccccn1. The fraction of sp³-hybridized carbons (Fsp3) is 0.263. The van der Waals surface area contributed by atoms with Crippen molar-refractivity contribution in [3.05, 3.63) is 54.6 Å². The Hall–Kier alpha value is -2.62. The zero-order chi connectivity index (χ0) is 15.6. The summed E-state index contributed by atoms with van der Waals surface area (Å²) in [6.07, 6.45) is 7.50. The lowest BCUT2D eigenvalue weighted by molar-refractivity contribution is 0.416. The Morgan fingerprint density at radius 1 is 1.09 bits per heavy atom. The molecule has 1 aliphatic heterocycles. The van der Waals surface area contributed by atoms with Crippen LogP contribution >= 0.6 is 0 Å². The summed E-state index contributed by atoms with van der Waals surface area (Å²) in [4.78, 5) is 9.20. The van der Waals surface area contributed by atoms with Crippen LogP contribution in [0.15, 0.2) is 48.8 Å². The highest BCUT2D eigenvalue weighted by Gasteiger charge is 2.15. The van der Waals surface area contributed by atoms with E-state index in [2.05, 4.69) is 33.9 Å². The smallest absolute Gasteiger partial charge is 0.128 e. The first-order valence-corrected chi connectivity index (χ1v) is 8.01. The van der Waals surface area contributed by atoms with Crippen molar-refractivity contribution in [2.24, 2.45) is 0 Å². The minimum atomic E-state index is 0.826. The Kier molecular flexibility index (Phi) is 3.58. The highest BCUT2D eigenvalue weighted by molar-refractivity contribution is 5.73. The average molecular weight is 305 g/mol. The summed E-state index contributed by atoms with van der Waals surface area (Å²) >= 11 is 0. The Balaban J connectivity index is 1.75. The molecule has 0 radical (unpaired) electrons. The van der Waals surface area contributed by atoms with Gasteiger partial charge in [-0.15, -0.1) is 0 Å². The molecule has 0 fully saturated rings. The molecule has 1 aromatic carbocycles. The normalized spacial score (nSPS) is 13.6. The van der Waals surface area contributed by atoms with Crippen LogP contribution in [-0.2, 0) is 13.0 Å². The maximum Gasteiger partial charge on any atom is 0.128 e. The molecule has 0 saturated carbocycles. The maximum absolute atomic E-state index is 5.59. The standard InChI is InChI=1S/C19H19N3O/c1-23-18-12-14(8-9-15(18)16-6-2-4-10-20-16)17-13-22-11-5-3-7-19(22)21-17/h2,4,6,8-10,12-13H,3,5,7,11H2,1H3. The minimum Gasteiger partial charge on any atom is -0.496 e. The van der Waals surface area contributed by atoms with E-state index < -0.39 is 0 Å². The van der Waals surface area contributed by atoms with Gasteiger partial charge in [0.1, 0.15) is 11.6 Å². The largest absolute Gasteiger partial charge is 0.496 e. The van der Waals surface area contributed by atoms with Crippen LogP contribution in [0.2, 0.25) is 0 Å². The second-order valence-electron chi connectivity index (χ2n) is 5.82. The fourth-order valence-corrected chi connectivity index (χ4v) is 3.14. The lowest BCUT2D eigenvalue weighted by atomic mass is 10.1. The zero-order valence-electron chi connectivity index (χ0n) is 13.2. The predicted molar refractivity (Wildman–Crippen MR) is 90.4 cm³/mol. The summed E-state index contributed by atoms with van der Waals surface area (Å²) in [5.74, 6) is 2.02. The molecule has 116 valence electrons. The quantitative estimate of drug-likeness (QED) is 0.735. The molecule has 0 atom stereocenters. The number of fused-ring (bicyclic) bond motifs is 1. The monoisotopic (exact) mass is 305 g/mol. The molecule has 0 amide bonds. The minimum absolute atomic E-state index is 0.826. The molecule has 0 unspecified atom stereocenters. The third-order valence-corrected chi connectivity index (χ3v) is 4.35. The molecule has 4 rings (SSSR count). The molecule has 3 aromatic rings. The summed E-state index contributed by atoms with van der Waals surface area (Å²) in [7, 11) is 1.70. The van der Waals surface area contributed by atoms with E-state index in [1.165, 1.54) is 18.7 Å². The Morgan fingerprint density at radius 2 is 2.04 bits per heavy atom. The number of hydrogen-bond donors (Lipinski definition) is 0. The van der Waals surface area contributed by atoms with Gasteiger partial charge in [-0.05, 0) is 37.1 Å². The predicted octanol–water partition coefficient (Wildman–Crippen LogP) is 3.96. The van der Waals surface area contributed by atoms with Crippen LogP contribution in [0.4, 0.5) is 0 Å². The van der Waals surface area contributed by atoms with Crippen LogP contribution in [0.25, 0.3) is 22.5 Å². The van der Waals surface area contributed by atoms with Gasteiger partial charge in [0.05, 0.1) is 18.5 Å². The molecular weight excluding hydrogens is 286 g/mol. The van der Waals surface area contributed by atoms with Crippen molar-refractivity contribution in [1.82, 2.24) is 14.5 Å². The molecule has 2 aromatic heterocycles. The van der Waals surface area contributed by atoms with E-state index in [-0.39, 0.29) is 0 Å². The van der Waals surface area contributed by atoms with Crippen molar-refractivity contribution in [3.8, 4) is 28.3 Å². The lowest BCUT2D eigenvalue weighted by Crippen LogP contribution is -2.08. The van der Waals surface area contributed by atoms with Gasteiger partial charge in [-0.25, -0.2) is 4.98 Å². The van der Waals surface area contributed by atoms with E-state index in [1.807, 2.05) is 18.2 Å². The van der Waals surface area contributed by atoms with E-state index >= 15 is 0 Å². The number of rotatable bonds is 3. The summed E-state index contributed by atoms with van der Waals surface area (Å²) < 4.78 is 7.87. The number of benzene rings is 1. The van der Waals surface area contributed by atoms with Crippen LogP contribution in [0.1, 0.15) is 18.7 Å². The Bertz CT molecular complexity index is 800. The number of methoxy groups -OCH3 is 1. The molecule has 0 N–H and O–H groups in total. The van der Waals surface area contributed by atoms with E-state index in [0.29, 0.717) is 0 Å². The zero-order valence-corrected chi connectivity index (χ0v) is 13.2. The number of aryl methyl sites for hydroxylation is 2. The molecule has 0 spiro atoms. The highest BCUT2D eigenvalue weighted by atomic mass is 16.5. The van der Waals surface area contributed by atoms with Crippen molar-refractivity contribution >= 4 is 0 Å². The molecule has 4 heteroatoms. The first kappa shape index (κ1) is 14.0. The summed E-state index contributed by atoms with van der Waals surface area (Å²) in [6, 6.07) is 12.1. The van der Waals surface area contributed by atoms with Crippen molar-refractivity contribution in [2.75, 3.05) is 7.11 Å². The molecular formula is C19H19N3O. The fourth-order valence-electron chi connectivity index (χ4n) is 3.14. The third kappa shape index (κ3) is 2.61. The average Bonchev–Trinajstić information content (AvgIpc) is 3.06. The molecule has 23 heavy (non-hydrogen) atoms. The van der Waals surface area contributed by atoms with E-state index in [9.17, 15) is 0 Å². The van der Waals surface area contributed by atoms with Gasteiger partial charge in [-0.1, -0.05) is 12.1 Å². The Labute approximate surface area is 135 Å². The number of imidazole rings is 1. The van der Waals surface area contributed by atoms with Gasteiger partial charge in [0.2, 0.25) is 0 Å². The van der Waals surface area contributed by atoms with Crippen LogP contribution in [0.3, 0.4) is 0 Å². The van der Waals surface area contributed by atoms with Crippen LogP contribution in [0.5, 0.6) is 5.75 Å². The molecule has 0 bridgehead atoms.